The molecule has 1 aromatic carbocycles. The van der Waals surface area contributed by atoms with E-state index in [1.807, 2.05) is 0 Å². The Balaban J connectivity index is 2.73. The van der Waals surface area contributed by atoms with Gasteiger partial charge in [-0.15, -0.1) is 0 Å². The van der Waals surface area contributed by atoms with Crippen molar-refractivity contribution in [3.05, 3.63) is 39.4 Å². The molecule has 0 bridgehead atoms. The second kappa shape index (κ2) is 4.14. The first-order valence-electron chi connectivity index (χ1n) is 4.94. The maximum Gasteiger partial charge on any atom is 0.280 e. The first-order valence-corrected chi connectivity index (χ1v) is 5.35. The van der Waals surface area contributed by atoms with Gasteiger partial charge in [0.1, 0.15) is 5.75 Å². The number of hydrogen-bond acceptors (Lipinski definition) is 4. The normalized spacial score (nSPS) is 10.5. The zero-order valence-electron chi connectivity index (χ0n) is 9.41. The van der Waals surface area contributed by atoms with Crippen LogP contribution in [0.1, 0.15) is 0 Å². The summed E-state index contributed by atoms with van der Waals surface area (Å²) in [7, 11) is 3.29. The van der Waals surface area contributed by atoms with E-state index in [0.717, 1.165) is 0 Å². The highest BCUT2D eigenvalue weighted by molar-refractivity contribution is 7.71. The molecule has 0 amide bonds. The molecule has 0 aliphatic carbocycles. The summed E-state index contributed by atoms with van der Waals surface area (Å²) in [5.74, 6) is 0.148. The quantitative estimate of drug-likeness (QED) is 0.772. The predicted octanol–water partition coefficient (Wildman–Crippen LogP) is 1.22. The van der Waals surface area contributed by atoms with Crippen LogP contribution in [0.4, 0.5) is 0 Å². The lowest BCUT2D eigenvalue weighted by molar-refractivity contribution is 0.475. The van der Waals surface area contributed by atoms with Crippen LogP contribution in [-0.4, -0.2) is 19.5 Å². The van der Waals surface area contributed by atoms with Crippen LogP contribution in [0.2, 0.25) is 0 Å². The standard InChI is InChI=1S/C11H11N3O2S/c1-13-10(16)9(12-14(2)11(13)17)7-3-5-8(15)6-4-7/h3-6,15H,1-2H3. The lowest BCUT2D eigenvalue weighted by Crippen LogP contribution is -2.25. The van der Waals surface area contributed by atoms with Gasteiger partial charge in [0, 0.05) is 19.7 Å². The first-order chi connectivity index (χ1) is 8.00. The average molecular weight is 249 g/mol. The summed E-state index contributed by atoms with van der Waals surface area (Å²) in [6, 6.07) is 6.31. The van der Waals surface area contributed by atoms with E-state index in [-0.39, 0.29) is 11.3 Å². The fourth-order valence-corrected chi connectivity index (χ4v) is 1.62. The lowest BCUT2D eigenvalue weighted by atomic mass is 10.1. The molecule has 0 saturated carbocycles. The number of hydrogen-bond donors (Lipinski definition) is 1. The Morgan fingerprint density at radius 3 is 2.41 bits per heavy atom. The van der Waals surface area contributed by atoms with Crippen LogP contribution >= 0.6 is 12.2 Å². The van der Waals surface area contributed by atoms with Crippen LogP contribution in [0.15, 0.2) is 29.1 Å². The molecule has 5 nitrogen and oxygen atoms in total. The molecular weight excluding hydrogens is 238 g/mol. The van der Waals surface area contributed by atoms with Gasteiger partial charge < -0.3 is 5.11 Å². The molecule has 0 fully saturated rings. The average Bonchev–Trinajstić information content (AvgIpc) is 2.32. The summed E-state index contributed by atoms with van der Waals surface area (Å²) in [6.45, 7) is 0. The highest BCUT2D eigenvalue weighted by atomic mass is 32.1. The Labute approximate surface area is 103 Å². The molecule has 88 valence electrons. The number of aryl methyl sites for hydroxylation is 1. The van der Waals surface area contributed by atoms with Crippen LogP contribution in [0.25, 0.3) is 11.3 Å². The van der Waals surface area contributed by atoms with Crippen molar-refractivity contribution in [3.8, 4) is 17.0 Å². The van der Waals surface area contributed by atoms with E-state index in [2.05, 4.69) is 5.10 Å². The van der Waals surface area contributed by atoms with Gasteiger partial charge in [-0.1, -0.05) is 0 Å². The van der Waals surface area contributed by atoms with Crippen molar-refractivity contribution in [1.29, 1.82) is 0 Å². The molecule has 1 N–H and O–H groups in total. The van der Waals surface area contributed by atoms with Crippen LogP contribution in [0.3, 0.4) is 0 Å². The molecule has 0 aliphatic heterocycles. The van der Waals surface area contributed by atoms with Crippen LogP contribution < -0.4 is 5.56 Å². The third-order valence-electron chi connectivity index (χ3n) is 2.46. The van der Waals surface area contributed by atoms with E-state index < -0.39 is 0 Å². The second-order valence-corrected chi connectivity index (χ2v) is 4.03. The van der Waals surface area contributed by atoms with E-state index in [0.29, 0.717) is 16.0 Å². The van der Waals surface area contributed by atoms with Gasteiger partial charge in [0.05, 0.1) is 0 Å². The Morgan fingerprint density at radius 1 is 1.24 bits per heavy atom. The fraction of sp³-hybridized carbons (Fsp3) is 0.182. The van der Waals surface area contributed by atoms with Gasteiger partial charge in [-0.3, -0.25) is 9.36 Å². The highest BCUT2D eigenvalue weighted by Crippen LogP contribution is 2.16. The van der Waals surface area contributed by atoms with Crippen molar-refractivity contribution in [2.75, 3.05) is 0 Å². The summed E-state index contributed by atoms with van der Waals surface area (Å²) in [5.41, 5.74) is 0.705. The summed E-state index contributed by atoms with van der Waals surface area (Å²) >= 11 is 5.04. The Kier molecular flexibility index (Phi) is 2.81. The molecule has 6 heteroatoms. The SMILES string of the molecule is Cn1nc(-c2ccc(O)cc2)c(=O)n(C)c1=S. The summed E-state index contributed by atoms with van der Waals surface area (Å²) in [4.78, 5) is 12.0. The zero-order valence-corrected chi connectivity index (χ0v) is 10.2. The Morgan fingerprint density at radius 2 is 1.82 bits per heavy atom. The van der Waals surface area contributed by atoms with Gasteiger partial charge in [0.25, 0.3) is 5.56 Å². The van der Waals surface area contributed by atoms with Crippen molar-refractivity contribution < 1.29 is 5.11 Å². The molecule has 0 saturated heterocycles. The third-order valence-corrected chi connectivity index (χ3v) is 3.00. The molecule has 0 unspecified atom stereocenters. The number of aromatic nitrogens is 3. The summed E-state index contributed by atoms with van der Waals surface area (Å²) in [5, 5.41) is 13.3. The number of rotatable bonds is 1. The topological polar surface area (TPSA) is 60.0 Å². The predicted molar refractivity (Wildman–Crippen MR) is 66.4 cm³/mol. The Bertz CT molecular complexity index is 671. The molecule has 2 rings (SSSR count). The molecule has 1 heterocycles. The van der Waals surface area contributed by atoms with Crippen LogP contribution in [0, 0.1) is 4.77 Å². The van der Waals surface area contributed by atoms with Crippen LogP contribution in [0.5, 0.6) is 5.75 Å². The van der Waals surface area contributed by atoms with Crippen molar-refractivity contribution in [2.24, 2.45) is 14.1 Å². The number of phenolic OH excluding ortho intramolecular Hbond substituents is 1. The number of aromatic hydroxyl groups is 1. The number of phenols is 1. The number of nitrogens with zero attached hydrogens (tertiary/aromatic N) is 3. The molecule has 17 heavy (non-hydrogen) atoms. The van der Waals surface area contributed by atoms with E-state index in [4.69, 9.17) is 12.2 Å². The minimum absolute atomic E-state index is 0.148. The zero-order chi connectivity index (χ0) is 12.6. The highest BCUT2D eigenvalue weighted by Gasteiger charge is 2.09. The summed E-state index contributed by atoms with van der Waals surface area (Å²) < 4.78 is 3.20. The lowest BCUT2D eigenvalue weighted by Gasteiger charge is -2.07. The smallest absolute Gasteiger partial charge is 0.280 e. The number of benzene rings is 1. The Hall–Kier alpha value is -1.95. The van der Waals surface area contributed by atoms with Crippen LogP contribution in [-0.2, 0) is 14.1 Å². The second-order valence-electron chi connectivity index (χ2n) is 3.67. The molecule has 1 aromatic heterocycles. The van der Waals surface area contributed by atoms with E-state index in [1.54, 1.807) is 26.2 Å². The first kappa shape index (κ1) is 11.5. The minimum Gasteiger partial charge on any atom is -0.508 e. The van der Waals surface area contributed by atoms with Gasteiger partial charge in [0.15, 0.2) is 10.5 Å². The molecule has 0 aliphatic rings. The van der Waals surface area contributed by atoms with Crippen molar-refractivity contribution in [1.82, 2.24) is 14.3 Å². The maximum atomic E-state index is 12.0. The van der Waals surface area contributed by atoms with E-state index >= 15 is 0 Å². The van der Waals surface area contributed by atoms with Gasteiger partial charge >= 0.3 is 0 Å². The largest absolute Gasteiger partial charge is 0.508 e. The summed E-state index contributed by atoms with van der Waals surface area (Å²) in [6.07, 6.45) is 0. The van der Waals surface area contributed by atoms with E-state index in [9.17, 15) is 9.90 Å². The van der Waals surface area contributed by atoms with Crippen molar-refractivity contribution in [2.45, 2.75) is 0 Å². The van der Waals surface area contributed by atoms with Gasteiger partial charge in [-0.05, 0) is 36.5 Å². The van der Waals surface area contributed by atoms with E-state index in [1.165, 1.54) is 21.4 Å². The molecule has 0 atom stereocenters. The van der Waals surface area contributed by atoms with Gasteiger partial charge in [0.2, 0.25) is 0 Å². The molecule has 0 radical (unpaired) electrons. The minimum atomic E-state index is -0.251. The monoisotopic (exact) mass is 249 g/mol. The van der Waals surface area contributed by atoms with Crippen molar-refractivity contribution in [3.63, 3.8) is 0 Å². The fourth-order valence-electron chi connectivity index (χ4n) is 1.50. The molecule has 2 aromatic rings. The van der Waals surface area contributed by atoms with Gasteiger partial charge in [-0.2, -0.15) is 5.10 Å². The third kappa shape index (κ3) is 1.99. The van der Waals surface area contributed by atoms with Crippen molar-refractivity contribution >= 4 is 12.2 Å². The van der Waals surface area contributed by atoms with Gasteiger partial charge in [-0.25, -0.2) is 4.68 Å². The molecule has 0 spiro atoms. The molecular formula is C11H11N3O2S. The maximum absolute atomic E-state index is 12.0.